The molecule has 0 aromatic rings. The van der Waals surface area contributed by atoms with Crippen LogP contribution in [0, 0.1) is 5.92 Å². The minimum absolute atomic E-state index is 0.289. The third-order valence-corrected chi connectivity index (χ3v) is 3.31. The summed E-state index contributed by atoms with van der Waals surface area (Å²) < 4.78 is 0. The van der Waals surface area contributed by atoms with Gasteiger partial charge in [-0.15, -0.1) is 0 Å². The highest BCUT2D eigenvalue weighted by Crippen LogP contribution is 2.22. The fraction of sp³-hybridized carbons (Fsp3) is 0.900. The van der Waals surface area contributed by atoms with Crippen molar-refractivity contribution in [2.45, 2.75) is 39.2 Å². The third kappa shape index (κ3) is 2.92. The molecule has 0 aliphatic carbocycles. The average molecular weight is 200 g/mol. The van der Waals surface area contributed by atoms with E-state index in [2.05, 4.69) is 18.7 Å². The minimum Gasteiger partial charge on any atom is -0.392 e. The molecule has 1 aliphatic rings. The SMILES string of the molecule is CCCC1CCN(C(C)C(N)=S)C1. The van der Waals surface area contributed by atoms with E-state index in [1.807, 2.05) is 0 Å². The second-order valence-corrected chi connectivity index (χ2v) is 4.49. The molecule has 0 saturated carbocycles. The number of hydrogen-bond donors (Lipinski definition) is 1. The van der Waals surface area contributed by atoms with Crippen molar-refractivity contribution in [3.05, 3.63) is 0 Å². The van der Waals surface area contributed by atoms with Gasteiger partial charge in [-0.2, -0.15) is 0 Å². The number of nitrogens with two attached hydrogens (primary N) is 1. The smallest absolute Gasteiger partial charge is 0.0899 e. The lowest BCUT2D eigenvalue weighted by Crippen LogP contribution is -2.40. The van der Waals surface area contributed by atoms with Gasteiger partial charge in [0.2, 0.25) is 0 Å². The summed E-state index contributed by atoms with van der Waals surface area (Å²) in [4.78, 5) is 3.04. The zero-order chi connectivity index (χ0) is 9.84. The molecule has 13 heavy (non-hydrogen) atoms. The highest BCUT2D eigenvalue weighted by molar-refractivity contribution is 7.80. The van der Waals surface area contributed by atoms with Gasteiger partial charge in [0.05, 0.1) is 11.0 Å². The summed E-state index contributed by atoms with van der Waals surface area (Å²) in [5.41, 5.74) is 5.62. The Morgan fingerprint density at radius 3 is 2.92 bits per heavy atom. The highest BCUT2D eigenvalue weighted by Gasteiger charge is 2.26. The van der Waals surface area contributed by atoms with Crippen LogP contribution in [0.1, 0.15) is 33.1 Å². The van der Waals surface area contributed by atoms with Gasteiger partial charge in [0.1, 0.15) is 0 Å². The maximum Gasteiger partial charge on any atom is 0.0899 e. The number of likely N-dealkylation sites (tertiary alicyclic amines) is 1. The molecular formula is C10H20N2S. The predicted octanol–water partition coefficient (Wildman–Crippen LogP) is 1.78. The summed E-state index contributed by atoms with van der Waals surface area (Å²) in [5, 5.41) is 0. The summed E-state index contributed by atoms with van der Waals surface area (Å²) in [6, 6.07) is 0.289. The molecule has 2 N–H and O–H groups in total. The van der Waals surface area contributed by atoms with Crippen molar-refractivity contribution in [1.82, 2.24) is 4.90 Å². The first kappa shape index (κ1) is 10.9. The zero-order valence-electron chi connectivity index (χ0n) is 8.62. The maximum atomic E-state index is 5.62. The van der Waals surface area contributed by atoms with Crippen molar-refractivity contribution < 1.29 is 0 Å². The van der Waals surface area contributed by atoms with Gasteiger partial charge in [-0.25, -0.2) is 0 Å². The Hall–Kier alpha value is -0.150. The number of rotatable bonds is 4. The molecule has 76 valence electrons. The van der Waals surface area contributed by atoms with E-state index in [-0.39, 0.29) is 6.04 Å². The standard InChI is InChI=1S/C10H20N2S/c1-3-4-9-5-6-12(7-9)8(2)10(11)13/h8-9H,3-7H2,1-2H3,(H2,11,13). The number of thiocarbonyl (C=S) groups is 1. The molecule has 3 heteroatoms. The van der Waals surface area contributed by atoms with Crippen molar-refractivity contribution in [2.24, 2.45) is 11.7 Å². The Morgan fingerprint density at radius 1 is 1.69 bits per heavy atom. The van der Waals surface area contributed by atoms with E-state index in [1.165, 1.54) is 32.4 Å². The molecule has 1 fully saturated rings. The van der Waals surface area contributed by atoms with Gasteiger partial charge in [0.15, 0.2) is 0 Å². The quantitative estimate of drug-likeness (QED) is 0.702. The molecule has 0 aromatic carbocycles. The largest absolute Gasteiger partial charge is 0.392 e. The van der Waals surface area contributed by atoms with Crippen LogP contribution in [0.2, 0.25) is 0 Å². The Balaban J connectivity index is 2.36. The van der Waals surface area contributed by atoms with E-state index < -0.39 is 0 Å². The highest BCUT2D eigenvalue weighted by atomic mass is 32.1. The van der Waals surface area contributed by atoms with E-state index in [0.717, 1.165) is 5.92 Å². The van der Waals surface area contributed by atoms with E-state index >= 15 is 0 Å². The van der Waals surface area contributed by atoms with Crippen LogP contribution in [0.25, 0.3) is 0 Å². The summed E-state index contributed by atoms with van der Waals surface area (Å²) >= 11 is 4.99. The fourth-order valence-corrected chi connectivity index (χ4v) is 2.19. The van der Waals surface area contributed by atoms with E-state index in [0.29, 0.717) is 4.99 Å². The Kier molecular flexibility index (Phi) is 4.13. The fourth-order valence-electron chi connectivity index (χ4n) is 2.04. The van der Waals surface area contributed by atoms with Crippen LogP contribution in [-0.2, 0) is 0 Å². The van der Waals surface area contributed by atoms with Gasteiger partial charge in [-0.05, 0) is 32.2 Å². The summed E-state index contributed by atoms with van der Waals surface area (Å²) in [5.74, 6) is 0.877. The summed E-state index contributed by atoms with van der Waals surface area (Å²) in [7, 11) is 0. The Labute approximate surface area is 86.5 Å². The van der Waals surface area contributed by atoms with E-state index in [9.17, 15) is 0 Å². The first-order valence-electron chi connectivity index (χ1n) is 5.18. The average Bonchev–Trinajstić information content (AvgIpc) is 2.52. The second kappa shape index (κ2) is 4.91. The molecule has 0 radical (unpaired) electrons. The molecule has 0 spiro atoms. The lowest BCUT2D eigenvalue weighted by atomic mass is 10.0. The van der Waals surface area contributed by atoms with Crippen molar-refractivity contribution in [1.29, 1.82) is 0 Å². The van der Waals surface area contributed by atoms with Crippen LogP contribution in [0.5, 0.6) is 0 Å². The van der Waals surface area contributed by atoms with Crippen LogP contribution in [0.4, 0.5) is 0 Å². The topological polar surface area (TPSA) is 29.3 Å². The molecule has 1 rings (SSSR count). The van der Waals surface area contributed by atoms with Crippen LogP contribution >= 0.6 is 12.2 Å². The second-order valence-electron chi connectivity index (χ2n) is 4.02. The third-order valence-electron chi connectivity index (χ3n) is 2.97. The van der Waals surface area contributed by atoms with Crippen molar-refractivity contribution >= 4 is 17.2 Å². The number of nitrogens with zero attached hydrogens (tertiary/aromatic N) is 1. The van der Waals surface area contributed by atoms with Crippen LogP contribution < -0.4 is 5.73 Å². The minimum atomic E-state index is 0.289. The van der Waals surface area contributed by atoms with Crippen LogP contribution in [0.15, 0.2) is 0 Å². The van der Waals surface area contributed by atoms with Gasteiger partial charge in [0, 0.05) is 6.54 Å². The number of hydrogen-bond acceptors (Lipinski definition) is 2. The lowest BCUT2D eigenvalue weighted by molar-refractivity contribution is 0.299. The predicted molar refractivity (Wildman–Crippen MR) is 60.8 cm³/mol. The summed E-state index contributed by atoms with van der Waals surface area (Å²) in [6.07, 6.45) is 3.96. The molecule has 2 nitrogen and oxygen atoms in total. The summed E-state index contributed by atoms with van der Waals surface area (Å²) in [6.45, 7) is 6.71. The molecule has 2 unspecified atom stereocenters. The van der Waals surface area contributed by atoms with Crippen LogP contribution in [-0.4, -0.2) is 29.0 Å². The molecule has 1 heterocycles. The molecule has 0 bridgehead atoms. The molecule has 1 saturated heterocycles. The lowest BCUT2D eigenvalue weighted by Gasteiger charge is -2.22. The maximum absolute atomic E-state index is 5.62. The normalized spacial score (nSPS) is 26.2. The molecular weight excluding hydrogens is 180 g/mol. The van der Waals surface area contributed by atoms with E-state index in [4.69, 9.17) is 18.0 Å². The van der Waals surface area contributed by atoms with Gasteiger partial charge in [-0.1, -0.05) is 25.6 Å². The van der Waals surface area contributed by atoms with E-state index in [1.54, 1.807) is 0 Å². The Bertz CT molecular complexity index is 182. The molecule has 0 amide bonds. The van der Waals surface area contributed by atoms with Gasteiger partial charge in [-0.3, -0.25) is 4.90 Å². The van der Waals surface area contributed by atoms with Crippen molar-refractivity contribution in [3.63, 3.8) is 0 Å². The van der Waals surface area contributed by atoms with Gasteiger partial charge in [0.25, 0.3) is 0 Å². The van der Waals surface area contributed by atoms with Gasteiger partial charge < -0.3 is 5.73 Å². The molecule has 0 aromatic heterocycles. The molecule has 1 aliphatic heterocycles. The zero-order valence-corrected chi connectivity index (χ0v) is 9.44. The Morgan fingerprint density at radius 2 is 2.38 bits per heavy atom. The first-order chi connectivity index (χ1) is 6.15. The first-order valence-corrected chi connectivity index (χ1v) is 5.59. The monoisotopic (exact) mass is 200 g/mol. The van der Waals surface area contributed by atoms with Gasteiger partial charge >= 0.3 is 0 Å². The van der Waals surface area contributed by atoms with Crippen molar-refractivity contribution in [2.75, 3.05) is 13.1 Å². The molecule has 2 atom stereocenters. The van der Waals surface area contributed by atoms with Crippen molar-refractivity contribution in [3.8, 4) is 0 Å². The van der Waals surface area contributed by atoms with Crippen LogP contribution in [0.3, 0.4) is 0 Å².